The number of rotatable bonds is 7. The number of hydrogen-bond acceptors (Lipinski definition) is 5. The van der Waals surface area contributed by atoms with E-state index in [0.717, 1.165) is 22.4 Å². The van der Waals surface area contributed by atoms with Crippen LogP contribution in [0.25, 0.3) is 22.4 Å². The SMILES string of the molecule is CCOc1ccc(C(=O)COC(=O)c2ccc3nc(-c4ccc(C)cc4)[nH]c3c2)cc1. The highest BCUT2D eigenvalue weighted by molar-refractivity contribution is 6.00. The Bertz CT molecular complexity index is 1220. The zero-order valence-electron chi connectivity index (χ0n) is 17.3. The van der Waals surface area contributed by atoms with E-state index in [2.05, 4.69) is 9.97 Å². The number of esters is 1. The second kappa shape index (κ2) is 8.83. The van der Waals surface area contributed by atoms with Gasteiger partial charge in [-0.1, -0.05) is 29.8 Å². The van der Waals surface area contributed by atoms with Crippen LogP contribution in [0.15, 0.2) is 66.7 Å². The van der Waals surface area contributed by atoms with E-state index in [4.69, 9.17) is 9.47 Å². The Labute approximate surface area is 179 Å². The van der Waals surface area contributed by atoms with Crippen LogP contribution in [-0.2, 0) is 4.74 Å². The molecule has 156 valence electrons. The number of aryl methyl sites for hydroxylation is 1. The van der Waals surface area contributed by atoms with Crippen molar-refractivity contribution in [1.82, 2.24) is 9.97 Å². The lowest BCUT2D eigenvalue weighted by atomic mass is 10.1. The molecule has 31 heavy (non-hydrogen) atoms. The van der Waals surface area contributed by atoms with E-state index in [1.165, 1.54) is 5.56 Å². The Kier molecular flexibility index (Phi) is 5.80. The number of Topliss-reactive ketones (excluding diaryl/α,β-unsaturated/α-hetero) is 1. The smallest absolute Gasteiger partial charge is 0.338 e. The minimum atomic E-state index is -0.562. The fourth-order valence-corrected chi connectivity index (χ4v) is 3.19. The first-order chi connectivity index (χ1) is 15.0. The van der Waals surface area contributed by atoms with Gasteiger partial charge >= 0.3 is 5.97 Å². The van der Waals surface area contributed by atoms with Crippen molar-refractivity contribution in [1.29, 1.82) is 0 Å². The van der Waals surface area contributed by atoms with Crippen molar-refractivity contribution in [2.45, 2.75) is 13.8 Å². The monoisotopic (exact) mass is 414 g/mol. The lowest BCUT2D eigenvalue weighted by molar-refractivity contribution is 0.0475. The largest absolute Gasteiger partial charge is 0.494 e. The van der Waals surface area contributed by atoms with Gasteiger partial charge < -0.3 is 14.5 Å². The average molecular weight is 414 g/mol. The van der Waals surface area contributed by atoms with Crippen LogP contribution in [0.4, 0.5) is 0 Å². The van der Waals surface area contributed by atoms with Crippen LogP contribution in [0.1, 0.15) is 33.2 Å². The number of H-pyrrole nitrogens is 1. The minimum absolute atomic E-state index is 0.277. The molecule has 3 aromatic carbocycles. The third kappa shape index (κ3) is 4.64. The highest BCUT2D eigenvalue weighted by atomic mass is 16.5. The molecule has 1 heterocycles. The van der Waals surface area contributed by atoms with Gasteiger partial charge in [-0.3, -0.25) is 4.79 Å². The summed E-state index contributed by atoms with van der Waals surface area (Å²) in [7, 11) is 0. The molecule has 0 saturated carbocycles. The first-order valence-electron chi connectivity index (χ1n) is 10.0. The Morgan fingerprint density at radius 3 is 2.35 bits per heavy atom. The van der Waals surface area contributed by atoms with Gasteiger partial charge in [0.15, 0.2) is 12.4 Å². The fourth-order valence-electron chi connectivity index (χ4n) is 3.19. The fraction of sp³-hybridized carbons (Fsp3) is 0.160. The zero-order chi connectivity index (χ0) is 21.8. The molecule has 6 heteroatoms. The second-order valence-electron chi connectivity index (χ2n) is 7.14. The molecular formula is C25H22N2O4. The van der Waals surface area contributed by atoms with Crippen LogP contribution in [0.2, 0.25) is 0 Å². The zero-order valence-corrected chi connectivity index (χ0v) is 17.3. The Hall–Kier alpha value is -3.93. The quantitative estimate of drug-likeness (QED) is 0.341. The van der Waals surface area contributed by atoms with Gasteiger partial charge in [0, 0.05) is 11.1 Å². The molecule has 0 aliphatic rings. The molecule has 1 N–H and O–H groups in total. The third-order valence-corrected chi connectivity index (χ3v) is 4.86. The normalized spacial score (nSPS) is 10.8. The number of ketones is 1. The highest BCUT2D eigenvalue weighted by Crippen LogP contribution is 2.22. The maximum atomic E-state index is 12.4. The predicted molar refractivity (Wildman–Crippen MR) is 118 cm³/mol. The van der Waals surface area contributed by atoms with E-state index in [1.54, 1.807) is 42.5 Å². The van der Waals surface area contributed by atoms with Crippen molar-refractivity contribution in [2.24, 2.45) is 0 Å². The van der Waals surface area contributed by atoms with E-state index in [9.17, 15) is 9.59 Å². The number of nitrogens with one attached hydrogen (secondary N) is 1. The van der Waals surface area contributed by atoms with Crippen molar-refractivity contribution in [2.75, 3.05) is 13.2 Å². The number of fused-ring (bicyclic) bond motifs is 1. The van der Waals surface area contributed by atoms with Crippen LogP contribution >= 0.6 is 0 Å². The molecular weight excluding hydrogens is 392 g/mol. The Balaban J connectivity index is 1.43. The first-order valence-corrected chi connectivity index (χ1v) is 10.0. The van der Waals surface area contributed by atoms with Crippen molar-refractivity contribution in [3.05, 3.63) is 83.4 Å². The number of carbonyl (C=O) groups excluding carboxylic acids is 2. The van der Waals surface area contributed by atoms with Crippen LogP contribution in [0.5, 0.6) is 5.75 Å². The summed E-state index contributed by atoms with van der Waals surface area (Å²) < 4.78 is 10.6. The molecule has 0 fully saturated rings. The molecule has 0 aliphatic heterocycles. The predicted octanol–water partition coefficient (Wildman–Crippen LogP) is 4.98. The standard InChI is InChI=1S/C25H22N2O4/c1-3-30-20-11-8-17(9-12-20)23(28)15-31-25(29)19-10-13-21-22(14-19)27-24(26-21)18-6-4-16(2)5-7-18/h4-14H,3,15H2,1-2H3,(H,26,27). The Morgan fingerprint density at radius 2 is 1.65 bits per heavy atom. The number of aromatic nitrogens is 2. The van der Waals surface area contributed by atoms with Gasteiger partial charge in [-0.15, -0.1) is 0 Å². The minimum Gasteiger partial charge on any atom is -0.494 e. The van der Waals surface area contributed by atoms with Gasteiger partial charge in [0.25, 0.3) is 0 Å². The van der Waals surface area contributed by atoms with Gasteiger partial charge in [-0.25, -0.2) is 9.78 Å². The van der Waals surface area contributed by atoms with Crippen molar-refractivity contribution < 1.29 is 19.1 Å². The lowest BCUT2D eigenvalue weighted by Gasteiger charge is -2.06. The van der Waals surface area contributed by atoms with Crippen molar-refractivity contribution in [3.63, 3.8) is 0 Å². The number of aromatic amines is 1. The highest BCUT2D eigenvalue weighted by Gasteiger charge is 2.14. The Morgan fingerprint density at radius 1 is 0.935 bits per heavy atom. The van der Waals surface area contributed by atoms with Crippen molar-refractivity contribution in [3.8, 4) is 17.1 Å². The van der Waals surface area contributed by atoms with Gasteiger partial charge in [-0.05, 0) is 56.3 Å². The molecule has 4 aromatic rings. The van der Waals surface area contributed by atoms with Crippen LogP contribution < -0.4 is 4.74 Å². The molecule has 0 spiro atoms. The van der Waals surface area contributed by atoms with E-state index in [0.29, 0.717) is 23.5 Å². The molecule has 0 saturated heterocycles. The molecule has 6 nitrogen and oxygen atoms in total. The van der Waals surface area contributed by atoms with Crippen LogP contribution in [0.3, 0.4) is 0 Å². The summed E-state index contributed by atoms with van der Waals surface area (Å²) in [6.45, 7) is 4.14. The lowest BCUT2D eigenvalue weighted by Crippen LogP contribution is -2.14. The average Bonchev–Trinajstić information content (AvgIpc) is 3.22. The molecule has 4 rings (SSSR count). The van der Waals surface area contributed by atoms with Crippen LogP contribution in [-0.4, -0.2) is 34.9 Å². The van der Waals surface area contributed by atoms with Crippen LogP contribution in [0, 0.1) is 6.92 Å². The van der Waals surface area contributed by atoms with E-state index >= 15 is 0 Å². The van der Waals surface area contributed by atoms with E-state index in [1.807, 2.05) is 38.1 Å². The summed E-state index contributed by atoms with van der Waals surface area (Å²) in [5.41, 5.74) is 4.42. The van der Waals surface area contributed by atoms with Gasteiger partial charge in [0.2, 0.25) is 0 Å². The van der Waals surface area contributed by atoms with Gasteiger partial charge in [0.1, 0.15) is 11.6 Å². The maximum absolute atomic E-state index is 12.4. The van der Waals surface area contributed by atoms with E-state index < -0.39 is 5.97 Å². The second-order valence-corrected chi connectivity index (χ2v) is 7.14. The summed E-state index contributed by atoms with van der Waals surface area (Å²) in [6, 6.07) is 19.9. The molecule has 0 bridgehead atoms. The third-order valence-electron chi connectivity index (χ3n) is 4.86. The number of ether oxygens (including phenoxy) is 2. The number of nitrogens with zero attached hydrogens (tertiary/aromatic N) is 1. The van der Waals surface area contributed by atoms with Gasteiger partial charge in [-0.2, -0.15) is 0 Å². The van der Waals surface area contributed by atoms with Gasteiger partial charge in [0.05, 0.1) is 23.2 Å². The molecule has 1 aromatic heterocycles. The number of imidazole rings is 1. The number of benzene rings is 3. The molecule has 0 aliphatic carbocycles. The summed E-state index contributed by atoms with van der Waals surface area (Å²) >= 11 is 0. The summed E-state index contributed by atoms with van der Waals surface area (Å²) in [4.78, 5) is 32.6. The van der Waals surface area contributed by atoms with E-state index in [-0.39, 0.29) is 12.4 Å². The summed E-state index contributed by atoms with van der Waals surface area (Å²) in [5, 5.41) is 0. The maximum Gasteiger partial charge on any atom is 0.338 e. The van der Waals surface area contributed by atoms with Crippen molar-refractivity contribution >= 4 is 22.8 Å². The summed E-state index contributed by atoms with van der Waals surface area (Å²) in [5.74, 6) is 0.577. The molecule has 0 amide bonds. The topological polar surface area (TPSA) is 81.3 Å². The number of hydrogen-bond donors (Lipinski definition) is 1. The molecule has 0 unspecified atom stereocenters. The number of carbonyl (C=O) groups is 2. The molecule has 0 atom stereocenters. The summed E-state index contributed by atoms with van der Waals surface area (Å²) in [6.07, 6.45) is 0. The molecule has 0 radical (unpaired) electrons. The first kappa shape index (κ1) is 20.3.